The molecule has 6 nitrogen and oxygen atoms in total. The summed E-state index contributed by atoms with van der Waals surface area (Å²) in [6.45, 7) is 3.64. The molecule has 0 bridgehead atoms. The number of nitrogens with one attached hydrogen (secondary N) is 2. The summed E-state index contributed by atoms with van der Waals surface area (Å²) in [6.07, 6.45) is 1.79. The van der Waals surface area contributed by atoms with Gasteiger partial charge in [0.2, 0.25) is 10.0 Å². The molecule has 0 saturated carbocycles. The van der Waals surface area contributed by atoms with Crippen molar-refractivity contribution < 1.29 is 17.9 Å². The highest BCUT2D eigenvalue weighted by molar-refractivity contribution is 7.89. The molecule has 24 heavy (non-hydrogen) atoms. The van der Waals surface area contributed by atoms with Crippen LogP contribution in [-0.4, -0.2) is 40.1 Å². The number of sulfonamides is 1. The van der Waals surface area contributed by atoms with Crippen molar-refractivity contribution in [3.63, 3.8) is 0 Å². The molecule has 1 saturated heterocycles. The van der Waals surface area contributed by atoms with E-state index in [4.69, 9.17) is 4.74 Å². The van der Waals surface area contributed by atoms with E-state index in [0.717, 1.165) is 29.5 Å². The molecule has 1 aromatic heterocycles. The summed E-state index contributed by atoms with van der Waals surface area (Å²) < 4.78 is 33.7. The Kier molecular flexibility index (Phi) is 5.19. The number of thiophene rings is 1. The predicted octanol–water partition coefficient (Wildman–Crippen LogP) is 2.11. The van der Waals surface area contributed by atoms with Crippen LogP contribution in [0.5, 0.6) is 0 Å². The molecule has 1 atom stereocenters. The molecule has 8 heteroatoms. The third kappa shape index (κ3) is 3.77. The molecule has 2 N–H and O–H groups in total. The Labute approximate surface area is 145 Å². The van der Waals surface area contributed by atoms with Crippen LogP contribution in [0.3, 0.4) is 0 Å². The predicted molar refractivity (Wildman–Crippen MR) is 94.0 cm³/mol. The number of rotatable bonds is 5. The highest BCUT2D eigenvalue weighted by Gasteiger charge is 2.22. The molecule has 0 amide bonds. The lowest BCUT2D eigenvalue weighted by Crippen LogP contribution is -2.45. The van der Waals surface area contributed by atoms with Crippen molar-refractivity contribution >= 4 is 37.4 Å². The Balaban J connectivity index is 1.85. The van der Waals surface area contributed by atoms with Gasteiger partial charge in [-0.15, -0.1) is 11.3 Å². The van der Waals surface area contributed by atoms with E-state index in [1.165, 1.54) is 11.3 Å². The van der Waals surface area contributed by atoms with Crippen LogP contribution in [0, 0.1) is 0 Å². The zero-order valence-electron chi connectivity index (χ0n) is 13.4. The number of hydrogen-bond acceptors (Lipinski definition) is 6. The van der Waals surface area contributed by atoms with Gasteiger partial charge in [0.05, 0.1) is 11.5 Å². The minimum absolute atomic E-state index is 0.0861. The second-order valence-electron chi connectivity index (χ2n) is 5.70. The van der Waals surface area contributed by atoms with Crippen LogP contribution in [0.4, 0.5) is 0 Å². The van der Waals surface area contributed by atoms with Crippen LogP contribution >= 0.6 is 11.3 Å². The number of carbonyl (C=O) groups is 1. The molecule has 0 aliphatic carbocycles. The van der Waals surface area contributed by atoms with E-state index < -0.39 is 10.0 Å². The molecular weight excluding hydrogens is 348 g/mol. The molecule has 0 unspecified atom stereocenters. The molecular formula is C16H20N2O4S2. The number of piperidine rings is 1. The molecule has 1 aliphatic heterocycles. The summed E-state index contributed by atoms with van der Waals surface area (Å²) in [5, 5.41) is 3.92. The number of esters is 1. The van der Waals surface area contributed by atoms with Crippen molar-refractivity contribution in [2.24, 2.45) is 0 Å². The monoisotopic (exact) mass is 368 g/mol. The number of carbonyl (C=O) groups excluding carboxylic acids is 1. The van der Waals surface area contributed by atoms with Gasteiger partial charge in [0.1, 0.15) is 4.88 Å². The lowest BCUT2D eigenvalue weighted by atomic mass is 10.1. The molecule has 1 aromatic carbocycles. The highest BCUT2D eigenvalue weighted by Crippen LogP contribution is 2.28. The summed E-state index contributed by atoms with van der Waals surface area (Å²) in [5.74, 6) is -0.380. The van der Waals surface area contributed by atoms with Crippen molar-refractivity contribution in [1.29, 1.82) is 0 Å². The van der Waals surface area contributed by atoms with E-state index >= 15 is 0 Å². The molecule has 0 radical (unpaired) electrons. The van der Waals surface area contributed by atoms with Gasteiger partial charge in [-0.1, -0.05) is 0 Å². The zero-order chi connectivity index (χ0) is 17.2. The van der Waals surface area contributed by atoms with E-state index in [0.29, 0.717) is 18.0 Å². The van der Waals surface area contributed by atoms with E-state index in [9.17, 15) is 13.2 Å². The van der Waals surface area contributed by atoms with Crippen LogP contribution in [0.25, 0.3) is 10.1 Å². The SMILES string of the molecule is CCOC(=O)c1cc2cc(S(=O)(=O)N[C@H]3CCCNC3)ccc2s1. The fourth-order valence-corrected chi connectivity index (χ4v) is 4.97. The van der Waals surface area contributed by atoms with E-state index in [1.54, 1.807) is 31.2 Å². The average molecular weight is 368 g/mol. The Hall–Kier alpha value is -1.48. The van der Waals surface area contributed by atoms with Gasteiger partial charge in [-0.05, 0) is 56.0 Å². The van der Waals surface area contributed by atoms with Gasteiger partial charge >= 0.3 is 5.97 Å². The largest absolute Gasteiger partial charge is 0.462 e. The van der Waals surface area contributed by atoms with E-state index in [1.807, 2.05) is 0 Å². The standard InChI is InChI=1S/C16H20N2O4S2/c1-2-22-16(19)15-9-11-8-13(5-6-14(11)23-15)24(20,21)18-12-4-3-7-17-10-12/h5-6,8-9,12,17-18H,2-4,7,10H2,1H3/t12-/m0/s1. The van der Waals surface area contributed by atoms with Crippen molar-refractivity contribution in [3.8, 4) is 0 Å². The van der Waals surface area contributed by atoms with Gasteiger partial charge in [-0.3, -0.25) is 0 Å². The van der Waals surface area contributed by atoms with Gasteiger partial charge in [0.15, 0.2) is 0 Å². The molecule has 2 heterocycles. The summed E-state index contributed by atoms with van der Waals surface area (Å²) in [5.41, 5.74) is 0. The van der Waals surface area contributed by atoms with Gasteiger partial charge in [-0.25, -0.2) is 17.9 Å². The number of benzene rings is 1. The number of hydrogen-bond donors (Lipinski definition) is 2. The Morgan fingerprint density at radius 1 is 1.42 bits per heavy atom. The zero-order valence-corrected chi connectivity index (χ0v) is 15.0. The molecule has 1 aliphatic rings. The van der Waals surface area contributed by atoms with Crippen LogP contribution in [-0.2, 0) is 14.8 Å². The maximum atomic E-state index is 12.6. The normalized spacial score (nSPS) is 18.6. The van der Waals surface area contributed by atoms with Crippen molar-refractivity contribution in [2.75, 3.05) is 19.7 Å². The summed E-state index contributed by atoms with van der Waals surface area (Å²) in [4.78, 5) is 12.5. The maximum Gasteiger partial charge on any atom is 0.348 e. The van der Waals surface area contributed by atoms with Crippen LogP contribution in [0.1, 0.15) is 29.4 Å². The second-order valence-corrected chi connectivity index (χ2v) is 8.49. The van der Waals surface area contributed by atoms with Crippen molar-refractivity contribution in [3.05, 3.63) is 29.1 Å². The third-order valence-electron chi connectivity index (χ3n) is 3.89. The highest BCUT2D eigenvalue weighted by atomic mass is 32.2. The first kappa shape index (κ1) is 17.3. The first-order valence-electron chi connectivity index (χ1n) is 7.93. The van der Waals surface area contributed by atoms with Gasteiger partial charge in [0, 0.05) is 17.3 Å². The fourth-order valence-electron chi connectivity index (χ4n) is 2.73. The molecule has 1 fully saturated rings. The van der Waals surface area contributed by atoms with E-state index in [-0.39, 0.29) is 16.9 Å². The fraction of sp³-hybridized carbons (Fsp3) is 0.438. The first-order chi connectivity index (χ1) is 11.5. The van der Waals surface area contributed by atoms with Crippen LogP contribution in [0.2, 0.25) is 0 Å². The summed E-state index contributed by atoms with van der Waals surface area (Å²) >= 11 is 1.30. The van der Waals surface area contributed by atoms with Crippen molar-refractivity contribution in [1.82, 2.24) is 10.0 Å². The Morgan fingerprint density at radius 2 is 2.25 bits per heavy atom. The Bertz CT molecular complexity index is 839. The van der Waals surface area contributed by atoms with Crippen LogP contribution in [0.15, 0.2) is 29.2 Å². The number of ether oxygens (including phenoxy) is 1. The van der Waals surface area contributed by atoms with Crippen molar-refractivity contribution in [2.45, 2.75) is 30.7 Å². The van der Waals surface area contributed by atoms with Gasteiger partial charge in [-0.2, -0.15) is 0 Å². The third-order valence-corrected chi connectivity index (χ3v) is 6.51. The second kappa shape index (κ2) is 7.18. The minimum atomic E-state index is -3.57. The van der Waals surface area contributed by atoms with Crippen LogP contribution < -0.4 is 10.0 Å². The topological polar surface area (TPSA) is 84.5 Å². The quantitative estimate of drug-likeness (QED) is 0.790. The maximum absolute atomic E-state index is 12.6. The number of fused-ring (bicyclic) bond motifs is 1. The molecule has 0 spiro atoms. The summed E-state index contributed by atoms with van der Waals surface area (Å²) in [6, 6.07) is 6.51. The van der Waals surface area contributed by atoms with Gasteiger partial charge < -0.3 is 10.1 Å². The van der Waals surface area contributed by atoms with Gasteiger partial charge in [0.25, 0.3) is 0 Å². The lowest BCUT2D eigenvalue weighted by molar-refractivity contribution is 0.0532. The molecule has 130 valence electrons. The summed E-state index contributed by atoms with van der Waals surface area (Å²) in [7, 11) is -3.57. The Morgan fingerprint density at radius 3 is 2.96 bits per heavy atom. The molecule has 3 rings (SSSR count). The lowest BCUT2D eigenvalue weighted by Gasteiger charge is -2.23. The molecule has 2 aromatic rings. The minimum Gasteiger partial charge on any atom is -0.462 e. The smallest absolute Gasteiger partial charge is 0.348 e. The average Bonchev–Trinajstić information content (AvgIpc) is 2.99. The first-order valence-corrected chi connectivity index (χ1v) is 10.2. The van der Waals surface area contributed by atoms with E-state index in [2.05, 4.69) is 10.0 Å².